The molecule has 0 heterocycles. The zero-order valence-corrected chi connectivity index (χ0v) is 6.22. The molecule has 0 N–H and O–H groups in total. The van der Waals surface area contributed by atoms with Gasteiger partial charge in [-0.25, -0.2) is 12.7 Å². The third kappa shape index (κ3) is 2.46. The molecule has 54 valence electrons. The number of hydrogen-bond donors (Lipinski definition) is 1. The van der Waals surface area contributed by atoms with Crippen molar-refractivity contribution < 1.29 is 13.2 Å². The summed E-state index contributed by atoms with van der Waals surface area (Å²) in [7, 11) is -2.72. The number of carbonyl (C=O) groups excluding carboxylic acids is 1. The summed E-state index contributed by atoms with van der Waals surface area (Å²) >= 11 is 0. The maximum atomic E-state index is 10.4. The Morgan fingerprint density at radius 2 is 2.00 bits per heavy atom. The molecule has 0 aliphatic heterocycles. The number of nitrogens with zero attached hydrogens (tertiary/aromatic N) is 1. The largest absolute Gasteiger partial charge is 0.274 e. The van der Waals surface area contributed by atoms with Crippen LogP contribution in [-0.4, -0.2) is 25.2 Å². The topological polar surface area (TPSA) is 54.5 Å². The van der Waals surface area contributed by atoms with E-state index in [1.807, 2.05) is 0 Å². The van der Waals surface area contributed by atoms with Crippen molar-refractivity contribution in [3.05, 3.63) is 0 Å². The third-order valence-corrected chi connectivity index (χ3v) is 1.82. The Bertz CT molecular complexity index is 167. The van der Waals surface area contributed by atoms with Crippen LogP contribution in [0.15, 0.2) is 0 Å². The van der Waals surface area contributed by atoms with E-state index in [0.717, 1.165) is 4.31 Å². The van der Waals surface area contributed by atoms with Crippen molar-refractivity contribution >= 4 is 16.8 Å². The first kappa shape index (κ1) is 8.42. The molecule has 0 aromatic heterocycles. The van der Waals surface area contributed by atoms with Crippen LogP contribution < -0.4 is 0 Å². The minimum atomic E-state index is -2.72. The maximum Gasteiger partial charge on any atom is 0.232 e. The van der Waals surface area contributed by atoms with Gasteiger partial charge in [0, 0.05) is 13.5 Å². The second kappa shape index (κ2) is 3.45. The van der Waals surface area contributed by atoms with E-state index in [2.05, 4.69) is 0 Å². The number of rotatable bonds is 2. The van der Waals surface area contributed by atoms with Crippen LogP contribution in [0.1, 0.15) is 13.8 Å². The normalized spacial score (nSPS) is 9.67. The van der Waals surface area contributed by atoms with Gasteiger partial charge in [0.05, 0.1) is 0 Å². The van der Waals surface area contributed by atoms with Gasteiger partial charge >= 0.3 is 0 Å². The SMILES string of the molecule is CCN(C(C)=O)[SH](=O)=O. The van der Waals surface area contributed by atoms with E-state index in [1.54, 1.807) is 6.92 Å². The van der Waals surface area contributed by atoms with E-state index in [-0.39, 0.29) is 6.54 Å². The molecule has 0 aromatic carbocycles. The highest BCUT2D eigenvalue weighted by atomic mass is 32.2. The molecule has 0 atom stereocenters. The van der Waals surface area contributed by atoms with E-state index in [9.17, 15) is 13.2 Å². The second-order valence-corrected chi connectivity index (χ2v) is 2.43. The fraction of sp³-hybridized carbons (Fsp3) is 0.750. The molecule has 0 saturated heterocycles. The van der Waals surface area contributed by atoms with E-state index >= 15 is 0 Å². The molecule has 0 aromatic rings. The first-order valence-electron chi connectivity index (χ1n) is 2.52. The molecule has 1 amide bonds. The lowest BCUT2D eigenvalue weighted by Gasteiger charge is -2.07. The molecular weight excluding hydrogens is 142 g/mol. The van der Waals surface area contributed by atoms with Crippen molar-refractivity contribution in [3.63, 3.8) is 0 Å². The summed E-state index contributed by atoms with van der Waals surface area (Å²) < 4.78 is 21.0. The van der Waals surface area contributed by atoms with E-state index in [0.29, 0.717) is 0 Å². The lowest BCUT2D eigenvalue weighted by atomic mass is 10.6. The summed E-state index contributed by atoms with van der Waals surface area (Å²) in [6.45, 7) is 3.04. The van der Waals surface area contributed by atoms with Crippen LogP contribution in [0.5, 0.6) is 0 Å². The van der Waals surface area contributed by atoms with E-state index in [1.165, 1.54) is 6.92 Å². The van der Waals surface area contributed by atoms with E-state index < -0.39 is 16.8 Å². The van der Waals surface area contributed by atoms with Gasteiger partial charge in [0.2, 0.25) is 16.8 Å². The molecular formula is C4H9NO3S. The molecule has 4 nitrogen and oxygen atoms in total. The molecule has 0 unspecified atom stereocenters. The van der Waals surface area contributed by atoms with Gasteiger partial charge in [-0.3, -0.25) is 4.79 Å². The molecule has 0 aliphatic rings. The Kier molecular flexibility index (Phi) is 3.22. The highest BCUT2D eigenvalue weighted by molar-refractivity contribution is 7.70. The van der Waals surface area contributed by atoms with Crippen LogP contribution >= 0.6 is 0 Å². The Morgan fingerprint density at radius 3 is 2.00 bits per heavy atom. The lowest BCUT2D eigenvalue weighted by Crippen LogP contribution is -2.26. The number of amides is 1. The van der Waals surface area contributed by atoms with Crippen molar-refractivity contribution in [1.29, 1.82) is 0 Å². The summed E-state index contributed by atoms with van der Waals surface area (Å²) in [6, 6.07) is 0. The van der Waals surface area contributed by atoms with Crippen LogP contribution in [0.3, 0.4) is 0 Å². The summed E-state index contributed by atoms with van der Waals surface area (Å²) in [5.41, 5.74) is 0. The summed E-state index contributed by atoms with van der Waals surface area (Å²) in [5.74, 6) is -0.436. The molecule has 5 heteroatoms. The molecule has 0 saturated carbocycles. The standard InChI is InChI=1S/C4H9NO3S/c1-3-5(4(2)6)9(7)8/h9H,3H2,1-2H3. The molecule has 0 bridgehead atoms. The minimum Gasteiger partial charge on any atom is -0.274 e. The van der Waals surface area contributed by atoms with Crippen molar-refractivity contribution in [3.8, 4) is 0 Å². The van der Waals surface area contributed by atoms with Crippen LogP contribution in [0.2, 0.25) is 0 Å². The predicted molar refractivity (Wildman–Crippen MR) is 33.4 cm³/mol. The van der Waals surface area contributed by atoms with Crippen molar-refractivity contribution in [1.82, 2.24) is 4.31 Å². The summed E-state index contributed by atoms with van der Waals surface area (Å²) in [5, 5.41) is 0. The second-order valence-electron chi connectivity index (χ2n) is 1.47. The molecule has 9 heavy (non-hydrogen) atoms. The van der Waals surface area contributed by atoms with Crippen molar-refractivity contribution in [2.45, 2.75) is 13.8 Å². The molecule has 0 radical (unpaired) electrons. The zero-order valence-electron chi connectivity index (χ0n) is 5.33. The first-order chi connectivity index (χ1) is 4.09. The first-order valence-corrected chi connectivity index (χ1v) is 3.65. The van der Waals surface area contributed by atoms with Crippen molar-refractivity contribution in [2.75, 3.05) is 6.54 Å². The Labute approximate surface area is 55.5 Å². The van der Waals surface area contributed by atoms with Crippen molar-refractivity contribution in [2.24, 2.45) is 0 Å². The number of thiol groups is 1. The molecule has 0 rings (SSSR count). The van der Waals surface area contributed by atoms with Gasteiger partial charge in [0.1, 0.15) is 0 Å². The van der Waals surface area contributed by atoms with Gasteiger partial charge in [-0.15, -0.1) is 0 Å². The molecule has 0 spiro atoms. The predicted octanol–water partition coefficient (Wildman–Crippen LogP) is -0.619. The summed E-state index contributed by atoms with van der Waals surface area (Å²) in [4.78, 5) is 10.4. The Balaban J connectivity index is 4.16. The highest BCUT2D eigenvalue weighted by Gasteiger charge is 2.05. The zero-order chi connectivity index (χ0) is 7.44. The molecule has 0 fully saturated rings. The minimum absolute atomic E-state index is 0.216. The van der Waals surface area contributed by atoms with Gasteiger partial charge in [-0.05, 0) is 6.92 Å². The lowest BCUT2D eigenvalue weighted by molar-refractivity contribution is -0.123. The fourth-order valence-corrected chi connectivity index (χ4v) is 0.914. The quantitative estimate of drug-likeness (QED) is 0.535. The van der Waals surface area contributed by atoms with Crippen LogP contribution in [0.4, 0.5) is 0 Å². The highest BCUT2D eigenvalue weighted by Crippen LogP contribution is 1.86. The Hall–Kier alpha value is -0.580. The molecule has 0 aliphatic carbocycles. The van der Waals surface area contributed by atoms with Gasteiger partial charge in [-0.2, -0.15) is 0 Å². The maximum absolute atomic E-state index is 10.4. The van der Waals surface area contributed by atoms with Gasteiger partial charge in [0.15, 0.2) is 0 Å². The van der Waals surface area contributed by atoms with Crippen LogP contribution in [0.25, 0.3) is 0 Å². The fourth-order valence-electron chi connectivity index (χ4n) is 0.453. The number of hydrogen-bond acceptors (Lipinski definition) is 3. The summed E-state index contributed by atoms with van der Waals surface area (Å²) in [6.07, 6.45) is 0. The average molecular weight is 151 g/mol. The van der Waals surface area contributed by atoms with Crippen LogP contribution in [-0.2, 0) is 15.7 Å². The smallest absolute Gasteiger partial charge is 0.232 e. The van der Waals surface area contributed by atoms with Gasteiger partial charge in [0.25, 0.3) is 0 Å². The Morgan fingerprint density at radius 1 is 1.56 bits per heavy atom. The van der Waals surface area contributed by atoms with Gasteiger partial charge in [-0.1, -0.05) is 0 Å². The third-order valence-electron chi connectivity index (χ3n) is 0.860. The number of carbonyl (C=O) groups is 1. The van der Waals surface area contributed by atoms with Gasteiger partial charge < -0.3 is 0 Å². The van der Waals surface area contributed by atoms with E-state index in [4.69, 9.17) is 0 Å². The average Bonchev–Trinajstić information content (AvgIpc) is 1.64. The van der Waals surface area contributed by atoms with Crippen LogP contribution in [0, 0.1) is 0 Å². The monoisotopic (exact) mass is 151 g/mol.